The first-order valence-corrected chi connectivity index (χ1v) is 6.97. The van der Waals surface area contributed by atoms with Gasteiger partial charge < -0.3 is 15.1 Å². The van der Waals surface area contributed by atoms with Crippen LogP contribution in [0, 0.1) is 5.82 Å². The lowest BCUT2D eigenvalue weighted by Gasteiger charge is -2.38. The Hall–Kier alpha value is -1.13. The summed E-state index contributed by atoms with van der Waals surface area (Å²) in [7, 11) is 6.10. The third-order valence-corrected chi connectivity index (χ3v) is 3.88. The second kappa shape index (κ2) is 6.35. The van der Waals surface area contributed by atoms with E-state index in [1.54, 1.807) is 12.1 Å². The van der Waals surface area contributed by atoms with Crippen LogP contribution in [0.1, 0.15) is 18.4 Å². The molecule has 1 atom stereocenters. The van der Waals surface area contributed by atoms with Crippen molar-refractivity contribution in [3.05, 3.63) is 29.6 Å². The number of benzene rings is 1. The van der Waals surface area contributed by atoms with Gasteiger partial charge in [0.2, 0.25) is 0 Å². The van der Waals surface area contributed by atoms with Gasteiger partial charge in [0.15, 0.2) is 0 Å². The molecule has 1 aliphatic heterocycles. The van der Waals surface area contributed by atoms with Gasteiger partial charge in [-0.25, -0.2) is 4.39 Å². The van der Waals surface area contributed by atoms with Crippen molar-refractivity contribution < 1.29 is 4.39 Å². The van der Waals surface area contributed by atoms with Crippen molar-refractivity contribution in [1.29, 1.82) is 0 Å². The maximum Gasteiger partial charge on any atom is 0.146 e. The van der Waals surface area contributed by atoms with E-state index in [9.17, 15) is 4.39 Å². The van der Waals surface area contributed by atoms with E-state index >= 15 is 0 Å². The Balaban J connectivity index is 2.25. The van der Waals surface area contributed by atoms with E-state index < -0.39 is 0 Å². The number of nitrogens with zero attached hydrogens (tertiary/aromatic N) is 2. The summed E-state index contributed by atoms with van der Waals surface area (Å²) >= 11 is 0. The third kappa shape index (κ3) is 3.25. The molecule has 1 unspecified atom stereocenters. The molecular formula is C15H24FN3. The number of anilines is 1. The molecule has 0 aromatic heterocycles. The van der Waals surface area contributed by atoms with Crippen LogP contribution >= 0.6 is 0 Å². The maximum absolute atomic E-state index is 14.2. The average molecular weight is 265 g/mol. The molecule has 0 saturated carbocycles. The average Bonchev–Trinajstić information content (AvgIpc) is 2.39. The Morgan fingerprint density at radius 2 is 2.21 bits per heavy atom. The number of likely N-dealkylation sites (N-methyl/N-ethyl adjacent to an activating group) is 1. The summed E-state index contributed by atoms with van der Waals surface area (Å²) in [6, 6.07) is 5.87. The topological polar surface area (TPSA) is 18.5 Å². The molecule has 2 rings (SSSR count). The predicted octanol–water partition coefficient (Wildman–Crippen LogP) is 2.08. The summed E-state index contributed by atoms with van der Waals surface area (Å²) in [5, 5.41) is 3.12. The first-order valence-electron chi connectivity index (χ1n) is 6.97. The lowest BCUT2D eigenvalue weighted by atomic mass is 10.0. The van der Waals surface area contributed by atoms with Gasteiger partial charge in [-0.2, -0.15) is 0 Å². The minimum Gasteiger partial charge on any atom is -0.367 e. The summed E-state index contributed by atoms with van der Waals surface area (Å²) in [5.74, 6) is -0.104. The van der Waals surface area contributed by atoms with Gasteiger partial charge in [0, 0.05) is 25.7 Å². The molecule has 1 heterocycles. The molecule has 1 saturated heterocycles. The molecule has 1 fully saturated rings. The van der Waals surface area contributed by atoms with Crippen LogP contribution in [0.4, 0.5) is 10.1 Å². The molecular weight excluding hydrogens is 241 g/mol. The van der Waals surface area contributed by atoms with Crippen LogP contribution in [0.2, 0.25) is 0 Å². The van der Waals surface area contributed by atoms with Gasteiger partial charge in [-0.15, -0.1) is 0 Å². The van der Waals surface area contributed by atoms with Crippen LogP contribution in [0.15, 0.2) is 18.2 Å². The minimum atomic E-state index is -0.104. The van der Waals surface area contributed by atoms with E-state index in [1.165, 1.54) is 6.42 Å². The Kier molecular flexibility index (Phi) is 4.77. The highest BCUT2D eigenvalue weighted by Gasteiger charge is 2.24. The molecule has 3 nitrogen and oxygen atoms in total. The Morgan fingerprint density at radius 1 is 1.42 bits per heavy atom. The zero-order valence-corrected chi connectivity index (χ0v) is 12.1. The fraction of sp³-hybridized carbons (Fsp3) is 0.600. The van der Waals surface area contributed by atoms with E-state index in [2.05, 4.69) is 29.2 Å². The molecule has 0 spiro atoms. The number of piperidine rings is 1. The van der Waals surface area contributed by atoms with Crippen molar-refractivity contribution in [1.82, 2.24) is 10.2 Å². The quantitative estimate of drug-likeness (QED) is 0.899. The van der Waals surface area contributed by atoms with E-state index in [1.807, 2.05) is 13.1 Å². The van der Waals surface area contributed by atoms with E-state index in [0.717, 1.165) is 30.8 Å². The van der Waals surface area contributed by atoms with Gasteiger partial charge in [0.25, 0.3) is 0 Å². The van der Waals surface area contributed by atoms with Gasteiger partial charge in [-0.3, -0.25) is 0 Å². The minimum absolute atomic E-state index is 0.104. The predicted molar refractivity (Wildman–Crippen MR) is 78.1 cm³/mol. The lowest BCUT2D eigenvalue weighted by molar-refractivity contribution is 0.257. The fourth-order valence-corrected chi connectivity index (χ4v) is 2.83. The highest BCUT2D eigenvalue weighted by molar-refractivity contribution is 5.55. The summed E-state index contributed by atoms with van der Waals surface area (Å²) in [6.07, 6.45) is 2.31. The SMILES string of the molecule is CNCc1cccc(F)c1N1CCCC(N(C)C)C1. The highest BCUT2D eigenvalue weighted by Crippen LogP contribution is 2.28. The summed E-state index contributed by atoms with van der Waals surface area (Å²) in [5.41, 5.74) is 1.82. The van der Waals surface area contributed by atoms with E-state index in [0.29, 0.717) is 12.6 Å². The van der Waals surface area contributed by atoms with E-state index in [4.69, 9.17) is 0 Å². The van der Waals surface area contributed by atoms with Gasteiger partial charge in [-0.05, 0) is 45.6 Å². The summed E-state index contributed by atoms with van der Waals surface area (Å²) < 4.78 is 14.2. The molecule has 1 aromatic carbocycles. The third-order valence-electron chi connectivity index (χ3n) is 3.88. The summed E-state index contributed by atoms with van der Waals surface area (Å²) in [6.45, 7) is 2.56. The smallest absolute Gasteiger partial charge is 0.146 e. The fourth-order valence-electron chi connectivity index (χ4n) is 2.83. The number of hydrogen-bond donors (Lipinski definition) is 1. The largest absolute Gasteiger partial charge is 0.367 e. The number of halogens is 1. The monoisotopic (exact) mass is 265 g/mol. The second-order valence-electron chi connectivity index (χ2n) is 5.48. The number of rotatable bonds is 4. The molecule has 0 bridgehead atoms. The van der Waals surface area contributed by atoms with Crippen LogP contribution < -0.4 is 10.2 Å². The number of hydrogen-bond acceptors (Lipinski definition) is 3. The first-order chi connectivity index (χ1) is 9.13. The van der Waals surface area contributed by atoms with Crippen LogP contribution in [0.3, 0.4) is 0 Å². The van der Waals surface area contributed by atoms with Crippen molar-refractivity contribution in [2.24, 2.45) is 0 Å². The van der Waals surface area contributed by atoms with Crippen LogP contribution in [-0.2, 0) is 6.54 Å². The van der Waals surface area contributed by atoms with Crippen molar-refractivity contribution in [2.45, 2.75) is 25.4 Å². The van der Waals surface area contributed by atoms with Crippen LogP contribution in [0.5, 0.6) is 0 Å². The second-order valence-corrected chi connectivity index (χ2v) is 5.48. The van der Waals surface area contributed by atoms with Gasteiger partial charge in [0.05, 0.1) is 5.69 Å². The molecule has 4 heteroatoms. The Labute approximate surface area is 115 Å². The molecule has 0 amide bonds. The van der Waals surface area contributed by atoms with Crippen LogP contribution in [0.25, 0.3) is 0 Å². The highest BCUT2D eigenvalue weighted by atomic mass is 19.1. The van der Waals surface area contributed by atoms with E-state index in [-0.39, 0.29) is 5.82 Å². The molecule has 0 aliphatic carbocycles. The molecule has 1 aliphatic rings. The molecule has 0 radical (unpaired) electrons. The molecule has 106 valence electrons. The number of para-hydroxylation sites is 1. The molecule has 1 N–H and O–H groups in total. The lowest BCUT2D eigenvalue weighted by Crippen LogP contribution is -2.45. The van der Waals surface area contributed by atoms with Crippen LogP contribution in [-0.4, -0.2) is 45.2 Å². The van der Waals surface area contributed by atoms with Crippen molar-refractivity contribution >= 4 is 5.69 Å². The molecule has 1 aromatic rings. The normalized spacial score (nSPS) is 20.1. The van der Waals surface area contributed by atoms with Crippen molar-refractivity contribution in [2.75, 3.05) is 39.1 Å². The van der Waals surface area contributed by atoms with Gasteiger partial charge in [-0.1, -0.05) is 12.1 Å². The van der Waals surface area contributed by atoms with Gasteiger partial charge >= 0.3 is 0 Å². The first kappa shape index (κ1) is 14.3. The van der Waals surface area contributed by atoms with Crippen molar-refractivity contribution in [3.8, 4) is 0 Å². The standard InChI is InChI=1S/C15H24FN3/c1-17-10-12-6-4-8-14(16)15(12)19-9-5-7-13(11-19)18(2)3/h4,6,8,13,17H,5,7,9-11H2,1-3H3. The zero-order valence-electron chi connectivity index (χ0n) is 12.1. The van der Waals surface area contributed by atoms with Gasteiger partial charge in [0.1, 0.15) is 5.82 Å². The maximum atomic E-state index is 14.2. The zero-order chi connectivity index (χ0) is 13.8. The summed E-state index contributed by atoms with van der Waals surface area (Å²) in [4.78, 5) is 4.45. The van der Waals surface area contributed by atoms with Crippen molar-refractivity contribution in [3.63, 3.8) is 0 Å². The number of nitrogens with one attached hydrogen (secondary N) is 1. The Bertz CT molecular complexity index is 420. The Morgan fingerprint density at radius 3 is 2.89 bits per heavy atom. The molecule has 19 heavy (non-hydrogen) atoms.